The van der Waals surface area contributed by atoms with Crippen molar-refractivity contribution in [3.05, 3.63) is 42.5 Å². The molecule has 0 spiro atoms. The van der Waals surface area contributed by atoms with Crippen LogP contribution >= 0.6 is 0 Å². The number of benzene rings is 1. The first-order valence-corrected chi connectivity index (χ1v) is 5.65. The van der Waals surface area contributed by atoms with E-state index in [1.54, 1.807) is 18.1 Å². The summed E-state index contributed by atoms with van der Waals surface area (Å²) >= 11 is 0. The van der Waals surface area contributed by atoms with Crippen LogP contribution in [0.1, 0.15) is 5.56 Å². The Kier molecular flexibility index (Phi) is 4.03. The van der Waals surface area contributed by atoms with Gasteiger partial charge in [-0.25, -0.2) is 9.67 Å². The Morgan fingerprint density at radius 1 is 1.33 bits per heavy atom. The molecule has 6 heteroatoms. The Morgan fingerprint density at radius 3 is 2.72 bits per heavy atom. The second-order valence-corrected chi connectivity index (χ2v) is 3.81. The van der Waals surface area contributed by atoms with E-state index in [9.17, 15) is 4.79 Å². The number of carbonyl (C=O) groups is 1. The van der Waals surface area contributed by atoms with Crippen LogP contribution in [-0.2, 0) is 11.3 Å². The van der Waals surface area contributed by atoms with Gasteiger partial charge in [-0.2, -0.15) is 5.10 Å². The van der Waals surface area contributed by atoms with E-state index in [-0.39, 0.29) is 5.91 Å². The highest BCUT2D eigenvalue weighted by molar-refractivity contribution is 5.77. The molecular formula is C12H15N5O. The molecule has 94 valence electrons. The molecular weight excluding hydrogens is 230 g/mol. The van der Waals surface area contributed by atoms with Crippen LogP contribution in [0.25, 0.3) is 5.69 Å². The highest BCUT2D eigenvalue weighted by Gasteiger charge is 2.00. The summed E-state index contributed by atoms with van der Waals surface area (Å²) in [6.07, 6.45) is 3.13. The molecule has 0 aliphatic rings. The van der Waals surface area contributed by atoms with E-state index in [0.717, 1.165) is 11.3 Å². The number of aromatic nitrogens is 3. The summed E-state index contributed by atoms with van der Waals surface area (Å²) in [6, 6.07) is 7.79. The minimum atomic E-state index is -0.0159. The van der Waals surface area contributed by atoms with Crippen LogP contribution in [0, 0.1) is 0 Å². The number of likely N-dealkylation sites (N-methyl/N-ethyl adjacent to an activating group) is 1. The smallest absolute Gasteiger partial charge is 0.234 e. The standard InChI is InChI=1S/C12H15N5O/c1-13-7-12(18)15-6-10-2-4-11(5-3-10)17-9-14-8-16-17/h2-5,8-9,13H,6-7H2,1H3,(H,15,18). The molecule has 0 saturated heterocycles. The summed E-state index contributed by atoms with van der Waals surface area (Å²) in [5.41, 5.74) is 1.99. The van der Waals surface area contributed by atoms with E-state index >= 15 is 0 Å². The van der Waals surface area contributed by atoms with Crippen molar-refractivity contribution in [2.24, 2.45) is 0 Å². The monoisotopic (exact) mass is 245 g/mol. The van der Waals surface area contributed by atoms with Crippen LogP contribution in [0.4, 0.5) is 0 Å². The normalized spacial score (nSPS) is 10.3. The van der Waals surface area contributed by atoms with E-state index in [1.165, 1.54) is 6.33 Å². The van der Waals surface area contributed by atoms with Gasteiger partial charge in [0.15, 0.2) is 0 Å². The van der Waals surface area contributed by atoms with E-state index in [2.05, 4.69) is 20.7 Å². The number of hydrogen-bond acceptors (Lipinski definition) is 4. The average molecular weight is 245 g/mol. The molecule has 1 aromatic carbocycles. The maximum atomic E-state index is 11.3. The molecule has 0 radical (unpaired) electrons. The van der Waals surface area contributed by atoms with Gasteiger partial charge in [-0.05, 0) is 24.7 Å². The quantitative estimate of drug-likeness (QED) is 0.784. The first-order chi connectivity index (χ1) is 8.79. The zero-order valence-electron chi connectivity index (χ0n) is 10.1. The van der Waals surface area contributed by atoms with Gasteiger partial charge in [-0.3, -0.25) is 4.79 Å². The highest BCUT2D eigenvalue weighted by Crippen LogP contribution is 2.07. The first-order valence-electron chi connectivity index (χ1n) is 5.65. The van der Waals surface area contributed by atoms with Crippen LogP contribution in [0.2, 0.25) is 0 Å². The fraction of sp³-hybridized carbons (Fsp3) is 0.250. The molecule has 2 aromatic rings. The van der Waals surface area contributed by atoms with E-state index in [0.29, 0.717) is 13.1 Å². The summed E-state index contributed by atoms with van der Waals surface area (Å²) in [6.45, 7) is 0.856. The predicted molar refractivity (Wildman–Crippen MR) is 67.1 cm³/mol. The molecule has 0 aliphatic carbocycles. The molecule has 0 unspecified atom stereocenters. The van der Waals surface area contributed by atoms with Gasteiger partial charge in [0.2, 0.25) is 5.91 Å². The van der Waals surface area contributed by atoms with Gasteiger partial charge < -0.3 is 10.6 Å². The molecule has 0 fully saturated rings. The third-order valence-electron chi connectivity index (χ3n) is 2.45. The molecule has 2 N–H and O–H groups in total. The van der Waals surface area contributed by atoms with Gasteiger partial charge >= 0.3 is 0 Å². The van der Waals surface area contributed by atoms with Crippen LogP contribution in [0.3, 0.4) is 0 Å². The summed E-state index contributed by atoms with van der Waals surface area (Å²) < 4.78 is 1.68. The molecule has 0 atom stereocenters. The Hall–Kier alpha value is -2.21. The zero-order chi connectivity index (χ0) is 12.8. The van der Waals surface area contributed by atoms with Crippen molar-refractivity contribution in [2.45, 2.75) is 6.54 Å². The molecule has 18 heavy (non-hydrogen) atoms. The Morgan fingerprint density at radius 2 is 2.11 bits per heavy atom. The number of amides is 1. The molecule has 1 amide bonds. The Balaban J connectivity index is 1.94. The molecule has 1 heterocycles. The lowest BCUT2D eigenvalue weighted by atomic mass is 10.2. The average Bonchev–Trinajstić information content (AvgIpc) is 2.91. The second kappa shape index (κ2) is 5.92. The first kappa shape index (κ1) is 12.3. The van der Waals surface area contributed by atoms with Gasteiger partial charge in [-0.1, -0.05) is 12.1 Å². The molecule has 2 rings (SSSR count). The van der Waals surface area contributed by atoms with Crippen molar-refractivity contribution in [1.29, 1.82) is 0 Å². The molecule has 0 bridgehead atoms. The topological polar surface area (TPSA) is 71.8 Å². The highest BCUT2D eigenvalue weighted by atomic mass is 16.1. The summed E-state index contributed by atoms with van der Waals surface area (Å²) in [4.78, 5) is 15.2. The van der Waals surface area contributed by atoms with Crippen molar-refractivity contribution < 1.29 is 4.79 Å². The van der Waals surface area contributed by atoms with Gasteiger partial charge in [0.25, 0.3) is 0 Å². The number of carbonyl (C=O) groups excluding carboxylic acids is 1. The van der Waals surface area contributed by atoms with Crippen molar-refractivity contribution in [3.8, 4) is 5.69 Å². The van der Waals surface area contributed by atoms with E-state index in [1.807, 2.05) is 24.3 Å². The Bertz CT molecular complexity index is 492. The maximum Gasteiger partial charge on any atom is 0.234 e. The van der Waals surface area contributed by atoms with Gasteiger partial charge in [-0.15, -0.1) is 0 Å². The number of nitrogens with one attached hydrogen (secondary N) is 2. The fourth-order valence-electron chi connectivity index (χ4n) is 1.53. The lowest BCUT2D eigenvalue weighted by Gasteiger charge is -2.06. The lowest BCUT2D eigenvalue weighted by Crippen LogP contribution is -2.31. The van der Waals surface area contributed by atoms with Gasteiger partial charge in [0.1, 0.15) is 12.7 Å². The molecule has 1 aromatic heterocycles. The molecule has 6 nitrogen and oxygen atoms in total. The van der Waals surface area contributed by atoms with Crippen molar-refractivity contribution in [1.82, 2.24) is 25.4 Å². The number of rotatable bonds is 5. The van der Waals surface area contributed by atoms with Crippen LogP contribution in [-0.4, -0.2) is 34.3 Å². The third kappa shape index (κ3) is 3.14. The van der Waals surface area contributed by atoms with Crippen LogP contribution in [0.5, 0.6) is 0 Å². The molecule has 0 saturated carbocycles. The van der Waals surface area contributed by atoms with Crippen molar-refractivity contribution >= 4 is 5.91 Å². The van der Waals surface area contributed by atoms with Crippen molar-refractivity contribution in [3.63, 3.8) is 0 Å². The van der Waals surface area contributed by atoms with Crippen molar-refractivity contribution in [2.75, 3.05) is 13.6 Å². The maximum absolute atomic E-state index is 11.3. The summed E-state index contributed by atoms with van der Waals surface area (Å²) in [5, 5.41) is 9.66. The lowest BCUT2D eigenvalue weighted by molar-refractivity contribution is -0.120. The largest absolute Gasteiger partial charge is 0.351 e. The van der Waals surface area contributed by atoms with Gasteiger partial charge in [0, 0.05) is 6.54 Å². The summed E-state index contributed by atoms with van der Waals surface area (Å²) in [7, 11) is 1.74. The minimum Gasteiger partial charge on any atom is -0.351 e. The zero-order valence-corrected chi connectivity index (χ0v) is 10.1. The number of nitrogens with zero attached hydrogens (tertiary/aromatic N) is 3. The number of hydrogen-bond donors (Lipinski definition) is 2. The molecule has 0 aliphatic heterocycles. The van der Waals surface area contributed by atoms with E-state index < -0.39 is 0 Å². The fourth-order valence-corrected chi connectivity index (χ4v) is 1.53. The second-order valence-electron chi connectivity index (χ2n) is 3.81. The van der Waals surface area contributed by atoms with Crippen LogP contribution < -0.4 is 10.6 Å². The Labute approximate surface area is 105 Å². The van der Waals surface area contributed by atoms with E-state index in [4.69, 9.17) is 0 Å². The predicted octanol–water partition coefficient (Wildman–Crippen LogP) is 0.103. The third-order valence-corrected chi connectivity index (χ3v) is 2.45. The minimum absolute atomic E-state index is 0.0159. The van der Waals surface area contributed by atoms with Crippen LogP contribution in [0.15, 0.2) is 36.9 Å². The summed E-state index contributed by atoms with van der Waals surface area (Å²) in [5.74, 6) is -0.0159. The van der Waals surface area contributed by atoms with Gasteiger partial charge in [0.05, 0.1) is 12.2 Å². The SMILES string of the molecule is CNCC(=O)NCc1ccc(-n2cncn2)cc1.